The van der Waals surface area contributed by atoms with E-state index in [4.69, 9.17) is 45.0 Å². The Hall–Kier alpha value is -4.97. The molecule has 0 aliphatic heterocycles. The third kappa shape index (κ3) is 26.0. The highest BCUT2D eigenvalue weighted by Crippen LogP contribution is 2.21. The lowest BCUT2D eigenvalue weighted by Gasteiger charge is -2.18. The summed E-state index contributed by atoms with van der Waals surface area (Å²) in [5.41, 5.74) is 12.4. The molecule has 0 aromatic heterocycles. The number of nitrogens with two attached hydrogens (primary N) is 1. The van der Waals surface area contributed by atoms with Gasteiger partial charge in [0.15, 0.2) is 0 Å². The van der Waals surface area contributed by atoms with E-state index in [9.17, 15) is 0 Å². The lowest BCUT2D eigenvalue weighted by molar-refractivity contribution is -0.193. The van der Waals surface area contributed by atoms with Crippen molar-refractivity contribution in [2.45, 2.75) is 73.3 Å². The monoisotopic (exact) mass is 623 g/mol. The van der Waals surface area contributed by atoms with E-state index in [1.165, 1.54) is 22.3 Å². The van der Waals surface area contributed by atoms with Crippen LogP contribution in [0.15, 0.2) is 72.8 Å². The maximum absolute atomic E-state index is 8.87. The predicted molar refractivity (Wildman–Crippen MR) is 168 cm³/mol. The molecule has 0 unspecified atom stereocenters. The van der Waals surface area contributed by atoms with Gasteiger partial charge in [-0.25, -0.2) is 0 Å². The molecule has 0 aliphatic carbocycles. The van der Waals surface area contributed by atoms with E-state index in [-0.39, 0.29) is 49.2 Å². The second-order valence-corrected chi connectivity index (χ2v) is 9.76. The molecule has 0 saturated carbocycles. The molecule has 0 saturated heterocycles. The van der Waals surface area contributed by atoms with Gasteiger partial charge in [0.2, 0.25) is 0 Å². The van der Waals surface area contributed by atoms with Crippen LogP contribution in [0.25, 0.3) is 0 Å². The Morgan fingerprint density at radius 2 is 0.864 bits per heavy atom. The van der Waals surface area contributed by atoms with Crippen LogP contribution in [-0.4, -0.2) is 18.5 Å². The molecule has 10 heteroatoms. The number of hydrogen-bond donors (Lipinski definition) is 1. The summed E-state index contributed by atoms with van der Waals surface area (Å²) in [4.78, 5) is 48.8. The van der Waals surface area contributed by atoms with Crippen LogP contribution in [0.5, 0.6) is 0 Å². The molecule has 3 aromatic carbocycles. The highest BCUT2D eigenvalue weighted by atomic mass is 35.5. The summed E-state index contributed by atoms with van der Waals surface area (Å²) in [5.74, 6) is 0. The van der Waals surface area contributed by atoms with Crippen molar-refractivity contribution in [1.82, 2.24) is 0 Å². The molecule has 0 heterocycles. The fourth-order valence-electron chi connectivity index (χ4n) is 2.82. The average Bonchev–Trinajstić information content (AvgIpc) is 2.92. The first-order valence-electron chi connectivity index (χ1n) is 12.4. The number of rotatable bonds is 3. The minimum absolute atomic E-state index is 0. The first-order valence-corrected chi connectivity index (χ1v) is 12.4. The lowest BCUT2D eigenvalue weighted by atomic mass is 9.86. The maximum atomic E-state index is 8.87. The number of aryl methyl sites for hydroxylation is 3. The summed E-state index contributed by atoms with van der Waals surface area (Å²) in [6.07, 6.45) is 1.26. The van der Waals surface area contributed by atoms with E-state index >= 15 is 0 Å². The smallest absolute Gasteiger partial charge is 0.322 e. The van der Waals surface area contributed by atoms with E-state index in [0.717, 1.165) is 11.1 Å². The average molecular weight is 624 g/mol. The second-order valence-electron chi connectivity index (χ2n) is 9.76. The molecule has 0 radical (unpaired) electrons. The molecule has 0 bridgehead atoms. The minimum atomic E-state index is -0.367. The molecule has 236 valence electrons. The van der Waals surface area contributed by atoms with Crippen LogP contribution >= 0.6 is 12.4 Å². The van der Waals surface area contributed by atoms with E-state index in [0.29, 0.717) is 6.42 Å². The number of carbonyl (C=O) groups excluding carboxylic acids is 6. The fraction of sp³-hybridized carbons (Fsp3) is 0.324. The van der Waals surface area contributed by atoms with Gasteiger partial charge < -0.3 is 5.73 Å². The van der Waals surface area contributed by atoms with Gasteiger partial charge in [0.05, 0.1) is 24.0 Å². The molecular formula is C34H42ClN3O6. The van der Waals surface area contributed by atoms with Crippen LogP contribution < -0.4 is 5.73 Å². The Morgan fingerprint density at radius 1 is 0.591 bits per heavy atom. The highest BCUT2D eigenvalue weighted by Gasteiger charge is 2.18. The Labute approximate surface area is 267 Å². The van der Waals surface area contributed by atoms with Crippen molar-refractivity contribution in [3.63, 3.8) is 0 Å². The number of benzene rings is 3. The Balaban J connectivity index is -0.000000149. The van der Waals surface area contributed by atoms with Crippen LogP contribution in [-0.2, 0) is 46.1 Å². The third-order valence-corrected chi connectivity index (χ3v) is 5.25. The normalized spacial score (nSPS) is 8.41. The second kappa shape index (κ2) is 28.2. The molecule has 0 spiro atoms. The number of halogens is 1. The standard InChI is InChI=1S/C11H13N.C10H15N.C9H9N.3CO2.CH4.ClH/c1-9-4-6-10(7-5-9)11(2,3)8-12;1-8-4-6-9(7-5-8)10(2,3)11;1-8-2-4-9(5-3-8)6-7-10;3*2-1-3;;/h4-7H,1-3H3;4-7H,11H2,1-3H3;2-5H,6H2,1H3;;;;1H4;1H. The molecule has 9 nitrogen and oxygen atoms in total. The Kier molecular flexibility index (Phi) is 31.2. The van der Waals surface area contributed by atoms with Gasteiger partial charge in [-0.15, -0.1) is 12.4 Å². The van der Waals surface area contributed by atoms with Gasteiger partial charge in [0.1, 0.15) is 0 Å². The van der Waals surface area contributed by atoms with Crippen molar-refractivity contribution >= 4 is 30.9 Å². The fourth-order valence-corrected chi connectivity index (χ4v) is 2.82. The van der Waals surface area contributed by atoms with Crippen molar-refractivity contribution in [1.29, 1.82) is 10.5 Å². The summed E-state index contributed by atoms with van der Waals surface area (Å²) in [6, 6.07) is 28.8. The van der Waals surface area contributed by atoms with Gasteiger partial charge in [0, 0.05) is 5.54 Å². The van der Waals surface area contributed by atoms with Crippen LogP contribution in [0.4, 0.5) is 0 Å². The highest BCUT2D eigenvalue weighted by molar-refractivity contribution is 5.85. The van der Waals surface area contributed by atoms with Crippen molar-refractivity contribution in [2.75, 3.05) is 0 Å². The zero-order valence-electron chi connectivity index (χ0n) is 25.5. The van der Waals surface area contributed by atoms with Gasteiger partial charge in [-0.2, -0.15) is 39.3 Å². The van der Waals surface area contributed by atoms with E-state index < -0.39 is 0 Å². The summed E-state index contributed by atoms with van der Waals surface area (Å²) in [7, 11) is 0. The van der Waals surface area contributed by atoms with E-state index in [2.05, 4.69) is 43.3 Å². The predicted octanol–water partition coefficient (Wildman–Crippen LogP) is 6.35. The topological polar surface area (TPSA) is 176 Å². The third-order valence-electron chi connectivity index (χ3n) is 5.25. The van der Waals surface area contributed by atoms with Gasteiger partial charge in [-0.1, -0.05) is 96.9 Å². The molecule has 2 N–H and O–H groups in total. The zero-order valence-corrected chi connectivity index (χ0v) is 26.3. The zero-order chi connectivity index (χ0) is 33.2. The maximum Gasteiger partial charge on any atom is 0.373 e. The number of nitriles is 2. The molecule has 0 fully saturated rings. The number of hydrogen-bond acceptors (Lipinski definition) is 9. The Bertz CT molecular complexity index is 1320. The Morgan fingerprint density at radius 3 is 1.11 bits per heavy atom. The van der Waals surface area contributed by atoms with Crippen LogP contribution in [0.3, 0.4) is 0 Å². The van der Waals surface area contributed by atoms with Crippen LogP contribution in [0.1, 0.15) is 68.5 Å². The van der Waals surface area contributed by atoms with Gasteiger partial charge in [0.25, 0.3) is 0 Å². The largest absolute Gasteiger partial charge is 0.373 e. The SMILES string of the molecule is C.Cc1ccc(C(C)(C)C#N)cc1.Cc1ccc(C(C)(C)N)cc1.Cc1ccc(CC#N)cc1.Cl.O=C=O.O=C=O.O=C=O. The van der Waals surface area contributed by atoms with E-state index in [1.807, 2.05) is 90.1 Å². The summed E-state index contributed by atoms with van der Waals surface area (Å²) in [6.45, 7) is 14.0. The first kappa shape index (κ1) is 48.7. The molecule has 0 aliphatic rings. The molecule has 3 aromatic rings. The van der Waals surface area contributed by atoms with Gasteiger partial charge >= 0.3 is 18.5 Å². The molecule has 3 rings (SSSR count). The van der Waals surface area contributed by atoms with Gasteiger partial charge in [-0.05, 0) is 65.2 Å². The minimum Gasteiger partial charge on any atom is -0.322 e. The molecule has 0 amide bonds. The van der Waals surface area contributed by atoms with Crippen LogP contribution in [0.2, 0.25) is 0 Å². The van der Waals surface area contributed by atoms with Crippen molar-refractivity contribution < 1.29 is 28.8 Å². The summed E-state index contributed by atoms with van der Waals surface area (Å²) in [5, 5.41) is 17.2. The molecule has 44 heavy (non-hydrogen) atoms. The number of nitrogens with zero attached hydrogens (tertiary/aromatic N) is 2. The van der Waals surface area contributed by atoms with Crippen molar-refractivity contribution in [3.05, 3.63) is 106 Å². The van der Waals surface area contributed by atoms with Crippen molar-refractivity contribution in [2.24, 2.45) is 5.73 Å². The lowest BCUT2D eigenvalue weighted by Crippen LogP contribution is -2.28. The van der Waals surface area contributed by atoms with E-state index in [1.54, 1.807) is 0 Å². The summed E-state index contributed by atoms with van der Waals surface area (Å²) >= 11 is 0. The molecular weight excluding hydrogens is 582 g/mol. The van der Waals surface area contributed by atoms with Crippen LogP contribution in [0, 0.1) is 43.4 Å². The van der Waals surface area contributed by atoms with Gasteiger partial charge in [-0.3, -0.25) is 0 Å². The summed E-state index contributed by atoms with van der Waals surface area (Å²) < 4.78 is 0. The molecule has 0 atom stereocenters. The first-order chi connectivity index (χ1) is 19.6. The van der Waals surface area contributed by atoms with Crippen molar-refractivity contribution in [3.8, 4) is 12.1 Å². The quantitative estimate of drug-likeness (QED) is 0.348.